The minimum Gasteiger partial charge on any atom is -0.502 e. The lowest BCUT2D eigenvalue weighted by molar-refractivity contribution is -0.137. The van der Waals surface area contributed by atoms with Gasteiger partial charge >= 0.3 is 5.97 Å². The molecule has 0 aromatic heterocycles. The molecular weight excluding hydrogens is 342 g/mol. The van der Waals surface area contributed by atoms with Gasteiger partial charge in [-0.25, -0.2) is 4.79 Å². The van der Waals surface area contributed by atoms with E-state index in [9.17, 15) is 9.90 Å². The Labute approximate surface area is 137 Å². The Bertz CT molecular complexity index is 512. The second kappa shape index (κ2) is 7.64. The number of halogens is 3. The van der Waals surface area contributed by atoms with Gasteiger partial charge in [0.1, 0.15) is 6.61 Å². The van der Waals surface area contributed by atoms with E-state index in [0.29, 0.717) is 5.56 Å². The van der Waals surface area contributed by atoms with Crippen molar-refractivity contribution >= 4 is 46.8 Å². The summed E-state index contributed by atoms with van der Waals surface area (Å²) < 4.78 is 13.1. The zero-order valence-corrected chi connectivity index (χ0v) is 13.5. The second-order valence-corrected chi connectivity index (χ2v) is 6.35. The molecule has 1 aromatic rings. The fraction of sp³-hybridized carbons (Fsp3) is 0.308. The van der Waals surface area contributed by atoms with Crippen LogP contribution in [0.5, 0.6) is 17.2 Å². The van der Waals surface area contributed by atoms with Crippen LogP contribution in [0.3, 0.4) is 0 Å². The van der Waals surface area contributed by atoms with Gasteiger partial charge in [0.2, 0.25) is 9.54 Å². The van der Waals surface area contributed by atoms with E-state index in [-0.39, 0.29) is 23.9 Å². The van der Waals surface area contributed by atoms with Gasteiger partial charge in [-0.05, 0) is 23.8 Å². The highest BCUT2D eigenvalue weighted by atomic mass is 35.6. The Kier molecular flexibility index (Phi) is 6.45. The average molecular weight is 356 g/mol. The van der Waals surface area contributed by atoms with Gasteiger partial charge in [-0.1, -0.05) is 34.8 Å². The van der Waals surface area contributed by atoms with E-state index >= 15 is 0 Å². The summed E-state index contributed by atoms with van der Waals surface area (Å²) in [5.74, 6) is -0.379. The van der Waals surface area contributed by atoms with Crippen molar-refractivity contribution < 1.29 is 24.1 Å². The summed E-state index contributed by atoms with van der Waals surface area (Å²) in [5.41, 5.74) is 0.562. The quantitative estimate of drug-likeness (QED) is 0.498. The molecule has 116 valence electrons. The summed E-state index contributed by atoms with van der Waals surface area (Å²) in [5, 5.41) is 9.75. The number of benzene rings is 1. The third kappa shape index (κ3) is 5.91. The standard InChI is InChI=1S/C13H13Cl3O5/c1-19-9-5-8(6-10(20-2)12(9)18)3-4-11(17)21-7-13(14,15)16/h3-6,18H,7H2,1-2H3. The van der Waals surface area contributed by atoms with Gasteiger partial charge in [0.25, 0.3) is 0 Å². The minimum atomic E-state index is -1.66. The molecule has 0 spiro atoms. The molecule has 0 unspecified atom stereocenters. The van der Waals surface area contributed by atoms with Gasteiger partial charge in [-0.2, -0.15) is 0 Å². The lowest BCUT2D eigenvalue weighted by Gasteiger charge is -2.10. The fourth-order valence-corrected chi connectivity index (χ4v) is 1.54. The van der Waals surface area contributed by atoms with E-state index in [2.05, 4.69) is 0 Å². The highest BCUT2D eigenvalue weighted by Gasteiger charge is 2.21. The molecule has 0 saturated heterocycles. The largest absolute Gasteiger partial charge is 0.502 e. The Morgan fingerprint density at radius 3 is 2.19 bits per heavy atom. The molecule has 0 radical (unpaired) electrons. The molecule has 5 nitrogen and oxygen atoms in total. The monoisotopic (exact) mass is 354 g/mol. The van der Waals surface area contributed by atoms with E-state index in [0.717, 1.165) is 6.08 Å². The van der Waals surface area contributed by atoms with Crippen LogP contribution in [-0.4, -0.2) is 35.7 Å². The van der Waals surface area contributed by atoms with Gasteiger partial charge in [0, 0.05) is 6.08 Å². The minimum absolute atomic E-state index is 0.129. The topological polar surface area (TPSA) is 65.0 Å². The first-order chi connectivity index (χ1) is 9.76. The third-order valence-electron chi connectivity index (χ3n) is 2.29. The van der Waals surface area contributed by atoms with Crippen LogP contribution in [0.2, 0.25) is 0 Å². The molecule has 21 heavy (non-hydrogen) atoms. The highest BCUT2D eigenvalue weighted by Crippen LogP contribution is 2.37. The van der Waals surface area contributed by atoms with Gasteiger partial charge in [-0.15, -0.1) is 0 Å². The summed E-state index contributed by atoms with van der Waals surface area (Å²) in [7, 11) is 2.80. The van der Waals surface area contributed by atoms with E-state index in [1.54, 1.807) is 0 Å². The number of hydrogen-bond donors (Lipinski definition) is 1. The van der Waals surface area contributed by atoms with Crippen molar-refractivity contribution in [2.45, 2.75) is 3.79 Å². The highest BCUT2D eigenvalue weighted by molar-refractivity contribution is 6.67. The van der Waals surface area contributed by atoms with Crippen molar-refractivity contribution in [3.05, 3.63) is 23.8 Å². The number of hydrogen-bond acceptors (Lipinski definition) is 5. The van der Waals surface area contributed by atoms with E-state index in [1.165, 1.54) is 32.4 Å². The van der Waals surface area contributed by atoms with Crippen LogP contribution in [0, 0.1) is 0 Å². The molecule has 0 aliphatic heterocycles. The molecule has 1 aromatic carbocycles. The maximum absolute atomic E-state index is 11.4. The molecular formula is C13H13Cl3O5. The lowest BCUT2D eigenvalue weighted by atomic mass is 10.1. The van der Waals surface area contributed by atoms with E-state index < -0.39 is 9.76 Å². The number of methoxy groups -OCH3 is 2. The van der Waals surface area contributed by atoms with Crippen LogP contribution >= 0.6 is 34.8 Å². The molecule has 0 aliphatic carbocycles. The van der Waals surface area contributed by atoms with Gasteiger partial charge in [0.15, 0.2) is 11.5 Å². The first-order valence-electron chi connectivity index (χ1n) is 5.63. The van der Waals surface area contributed by atoms with Crippen molar-refractivity contribution in [1.29, 1.82) is 0 Å². The first-order valence-corrected chi connectivity index (χ1v) is 6.77. The van der Waals surface area contributed by atoms with Crippen molar-refractivity contribution in [2.24, 2.45) is 0 Å². The summed E-state index contributed by atoms with van der Waals surface area (Å²) in [6, 6.07) is 3.05. The van der Waals surface area contributed by atoms with Crippen LogP contribution in [0.25, 0.3) is 6.08 Å². The number of ether oxygens (including phenoxy) is 3. The summed E-state index contributed by atoms with van der Waals surface area (Å²) in [6.07, 6.45) is 2.60. The predicted molar refractivity (Wildman–Crippen MR) is 81.5 cm³/mol. The maximum Gasteiger partial charge on any atom is 0.330 e. The molecule has 0 aliphatic rings. The number of esters is 1. The first kappa shape index (κ1) is 17.8. The maximum atomic E-state index is 11.4. The van der Waals surface area contributed by atoms with Crippen molar-refractivity contribution in [3.8, 4) is 17.2 Å². The summed E-state index contributed by atoms with van der Waals surface area (Å²) >= 11 is 16.4. The molecule has 8 heteroatoms. The lowest BCUT2D eigenvalue weighted by Crippen LogP contribution is -2.15. The predicted octanol–water partition coefficient (Wildman–Crippen LogP) is 3.34. The fourth-order valence-electron chi connectivity index (χ4n) is 1.38. The molecule has 0 amide bonds. The summed E-state index contributed by atoms with van der Waals surface area (Å²) in [6.45, 7) is -0.358. The molecule has 0 heterocycles. The van der Waals surface area contributed by atoms with Gasteiger partial charge in [-0.3, -0.25) is 0 Å². The molecule has 0 saturated carbocycles. The van der Waals surface area contributed by atoms with Crippen LogP contribution < -0.4 is 9.47 Å². The normalized spacial score (nSPS) is 11.5. The number of aromatic hydroxyl groups is 1. The third-order valence-corrected chi connectivity index (χ3v) is 2.62. The number of carbonyl (C=O) groups excluding carboxylic acids is 1. The Balaban J connectivity index is 2.82. The van der Waals surface area contributed by atoms with Crippen molar-refractivity contribution in [2.75, 3.05) is 20.8 Å². The Morgan fingerprint density at radius 2 is 1.76 bits per heavy atom. The number of rotatable bonds is 5. The van der Waals surface area contributed by atoms with Crippen LogP contribution in [0.1, 0.15) is 5.56 Å². The summed E-state index contributed by atoms with van der Waals surface area (Å²) in [4.78, 5) is 11.4. The number of alkyl halides is 3. The van der Waals surface area contributed by atoms with Crippen LogP contribution in [0.4, 0.5) is 0 Å². The average Bonchev–Trinajstić information content (AvgIpc) is 2.43. The van der Waals surface area contributed by atoms with Crippen LogP contribution in [0.15, 0.2) is 18.2 Å². The van der Waals surface area contributed by atoms with Gasteiger partial charge < -0.3 is 19.3 Å². The molecule has 0 atom stereocenters. The molecule has 1 rings (SSSR count). The van der Waals surface area contributed by atoms with Crippen LogP contribution in [-0.2, 0) is 9.53 Å². The van der Waals surface area contributed by atoms with E-state index in [1.807, 2.05) is 0 Å². The zero-order valence-electron chi connectivity index (χ0n) is 11.2. The van der Waals surface area contributed by atoms with Crippen molar-refractivity contribution in [1.82, 2.24) is 0 Å². The Hall–Kier alpha value is -1.30. The second-order valence-electron chi connectivity index (χ2n) is 3.83. The van der Waals surface area contributed by atoms with E-state index in [4.69, 9.17) is 49.0 Å². The van der Waals surface area contributed by atoms with Gasteiger partial charge in [0.05, 0.1) is 14.2 Å². The molecule has 0 bridgehead atoms. The Morgan fingerprint density at radius 1 is 1.24 bits per heavy atom. The molecule has 1 N–H and O–H groups in total. The SMILES string of the molecule is COc1cc(C=CC(=O)OCC(Cl)(Cl)Cl)cc(OC)c1O. The number of carbonyl (C=O) groups is 1. The zero-order chi connectivity index (χ0) is 16.0. The number of phenolic OH excluding ortho intramolecular Hbond substituents is 1. The molecule has 0 fully saturated rings. The number of phenols is 1. The van der Waals surface area contributed by atoms with Crippen molar-refractivity contribution in [3.63, 3.8) is 0 Å². The smallest absolute Gasteiger partial charge is 0.330 e.